The van der Waals surface area contributed by atoms with Crippen molar-refractivity contribution in [3.63, 3.8) is 0 Å². The third-order valence-corrected chi connectivity index (χ3v) is 3.45. The van der Waals surface area contributed by atoms with Crippen molar-refractivity contribution in [3.8, 4) is 0 Å². The summed E-state index contributed by atoms with van der Waals surface area (Å²) in [5.74, 6) is 0.0337. The highest BCUT2D eigenvalue weighted by Crippen LogP contribution is 2.08. The molecule has 0 bridgehead atoms. The van der Waals surface area contributed by atoms with Gasteiger partial charge < -0.3 is 10.2 Å². The number of aromatic nitrogens is 1. The fourth-order valence-corrected chi connectivity index (χ4v) is 2.44. The molecule has 0 spiro atoms. The van der Waals surface area contributed by atoms with Crippen molar-refractivity contribution in [1.82, 2.24) is 20.1 Å². The first-order valence-corrected chi connectivity index (χ1v) is 7.58. The van der Waals surface area contributed by atoms with Crippen LogP contribution in [0.5, 0.6) is 0 Å². The van der Waals surface area contributed by atoms with Crippen LogP contribution in [-0.4, -0.2) is 64.9 Å². The highest BCUT2D eigenvalue weighted by atomic mass is 16.2. The van der Waals surface area contributed by atoms with Crippen LogP contribution in [0.15, 0.2) is 24.5 Å². The van der Waals surface area contributed by atoms with Gasteiger partial charge in [-0.25, -0.2) is 0 Å². The van der Waals surface area contributed by atoms with E-state index in [2.05, 4.69) is 15.2 Å². The largest absolute Gasteiger partial charge is 0.350 e. The summed E-state index contributed by atoms with van der Waals surface area (Å²) in [6.45, 7) is 8.98. The predicted molar refractivity (Wildman–Crippen MR) is 84.5 cm³/mol. The molecule has 0 atom stereocenters. The van der Waals surface area contributed by atoms with Crippen LogP contribution in [0.25, 0.3) is 0 Å². The lowest BCUT2D eigenvalue weighted by atomic mass is 10.1. The van der Waals surface area contributed by atoms with Crippen LogP contribution < -0.4 is 5.32 Å². The van der Waals surface area contributed by atoms with E-state index >= 15 is 0 Å². The standard InChI is InChI=1S/C16H24N4O2/c1-16(2,3)18-14(21)12-19-7-9-20(10-8-19)15(22)13-5-4-6-17-11-13/h4-6,11H,7-10,12H2,1-3H3,(H,18,21). The highest BCUT2D eigenvalue weighted by Gasteiger charge is 2.24. The van der Waals surface area contributed by atoms with Crippen LogP contribution in [0.2, 0.25) is 0 Å². The Morgan fingerprint density at radius 3 is 2.45 bits per heavy atom. The number of pyridine rings is 1. The van der Waals surface area contributed by atoms with Gasteiger partial charge in [-0.3, -0.25) is 19.5 Å². The molecule has 0 aliphatic carbocycles. The van der Waals surface area contributed by atoms with E-state index in [4.69, 9.17) is 0 Å². The van der Waals surface area contributed by atoms with Gasteiger partial charge in [0.2, 0.25) is 5.91 Å². The second-order valence-electron chi connectivity index (χ2n) is 6.61. The Bertz CT molecular complexity index is 517. The van der Waals surface area contributed by atoms with E-state index in [0.29, 0.717) is 38.3 Å². The van der Waals surface area contributed by atoms with Crippen molar-refractivity contribution in [2.75, 3.05) is 32.7 Å². The fourth-order valence-electron chi connectivity index (χ4n) is 2.44. The molecule has 1 aromatic rings. The molecule has 6 nitrogen and oxygen atoms in total. The normalized spacial score (nSPS) is 16.4. The summed E-state index contributed by atoms with van der Waals surface area (Å²) >= 11 is 0. The molecule has 1 saturated heterocycles. The van der Waals surface area contributed by atoms with E-state index in [1.807, 2.05) is 25.7 Å². The predicted octanol–water partition coefficient (Wildman–Crippen LogP) is 0.754. The maximum Gasteiger partial charge on any atom is 0.255 e. The van der Waals surface area contributed by atoms with Gasteiger partial charge >= 0.3 is 0 Å². The third-order valence-electron chi connectivity index (χ3n) is 3.45. The van der Waals surface area contributed by atoms with Gasteiger partial charge in [0.1, 0.15) is 0 Å². The Morgan fingerprint density at radius 2 is 1.91 bits per heavy atom. The molecule has 6 heteroatoms. The van der Waals surface area contributed by atoms with E-state index < -0.39 is 0 Å². The summed E-state index contributed by atoms with van der Waals surface area (Å²) in [5, 5.41) is 2.96. The monoisotopic (exact) mass is 304 g/mol. The fraction of sp³-hybridized carbons (Fsp3) is 0.562. The van der Waals surface area contributed by atoms with Gasteiger partial charge in [0, 0.05) is 44.1 Å². The number of hydrogen-bond donors (Lipinski definition) is 1. The third kappa shape index (κ3) is 4.80. The van der Waals surface area contributed by atoms with E-state index in [1.54, 1.807) is 24.5 Å². The molecule has 0 aromatic carbocycles. The van der Waals surface area contributed by atoms with Crippen LogP contribution in [0.3, 0.4) is 0 Å². The molecule has 1 aliphatic heterocycles. The van der Waals surface area contributed by atoms with Crippen LogP contribution in [0, 0.1) is 0 Å². The van der Waals surface area contributed by atoms with Crippen molar-refractivity contribution >= 4 is 11.8 Å². The first-order valence-electron chi connectivity index (χ1n) is 7.58. The Morgan fingerprint density at radius 1 is 1.23 bits per heavy atom. The minimum atomic E-state index is -0.213. The highest BCUT2D eigenvalue weighted by molar-refractivity contribution is 5.94. The average Bonchev–Trinajstić information content (AvgIpc) is 2.46. The SMILES string of the molecule is CC(C)(C)NC(=O)CN1CCN(C(=O)c2cccnc2)CC1. The van der Waals surface area contributed by atoms with E-state index in [0.717, 1.165) is 0 Å². The van der Waals surface area contributed by atoms with Crippen molar-refractivity contribution < 1.29 is 9.59 Å². The van der Waals surface area contributed by atoms with Gasteiger partial charge in [-0.05, 0) is 32.9 Å². The zero-order valence-corrected chi connectivity index (χ0v) is 13.5. The number of hydrogen-bond acceptors (Lipinski definition) is 4. The Hall–Kier alpha value is -1.95. The smallest absolute Gasteiger partial charge is 0.255 e. The molecule has 2 amide bonds. The molecular formula is C16H24N4O2. The molecule has 0 radical (unpaired) electrons. The minimum absolute atomic E-state index is 0.00638. The van der Waals surface area contributed by atoms with Crippen molar-refractivity contribution in [3.05, 3.63) is 30.1 Å². The molecule has 1 fully saturated rings. The van der Waals surface area contributed by atoms with Gasteiger partial charge in [0.15, 0.2) is 0 Å². The van der Waals surface area contributed by atoms with Gasteiger partial charge in [0.25, 0.3) is 5.91 Å². The van der Waals surface area contributed by atoms with Crippen LogP contribution >= 0.6 is 0 Å². The average molecular weight is 304 g/mol. The maximum atomic E-state index is 12.3. The van der Waals surface area contributed by atoms with Gasteiger partial charge in [0.05, 0.1) is 12.1 Å². The molecular weight excluding hydrogens is 280 g/mol. The van der Waals surface area contributed by atoms with E-state index in [1.165, 1.54) is 0 Å². The van der Waals surface area contributed by atoms with Crippen molar-refractivity contribution in [2.45, 2.75) is 26.3 Å². The summed E-state index contributed by atoms with van der Waals surface area (Å²) in [7, 11) is 0. The number of piperazine rings is 1. The number of carbonyl (C=O) groups is 2. The number of nitrogens with one attached hydrogen (secondary N) is 1. The zero-order chi connectivity index (χ0) is 16.2. The molecule has 0 unspecified atom stereocenters. The van der Waals surface area contributed by atoms with Gasteiger partial charge in [-0.1, -0.05) is 0 Å². The summed E-state index contributed by atoms with van der Waals surface area (Å²) in [4.78, 5) is 32.1. The molecule has 2 rings (SSSR count). The summed E-state index contributed by atoms with van der Waals surface area (Å²) < 4.78 is 0. The minimum Gasteiger partial charge on any atom is -0.350 e. The van der Waals surface area contributed by atoms with Crippen LogP contribution in [0.4, 0.5) is 0 Å². The molecule has 22 heavy (non-hydrogen) atoms. The summed E-state index contributed by atoms with van der Waals surface area (Å²) in [6, 6.07) is 3.54. The van der Waals surface area contributed by atoms with Crippen molar-refractivity contribution in [2.24, 2.45) is 0 Å². The summed E-state index contributed by atoms with van der Waals surface area (Å²) in [5.41, 5.74) is 0.399. The van der Waals surface area contributed by atoms with E-state index in [-0.39, 0.29) is 17.4 Å². The number of rotatable bonds is 3. The quantitative estimate of drug-likeness (QED) is 0.895. The van der Waals surface area contributed by atoms with Gasteiger partial charge in [-0.2, -0.15) is 0 Å². The first kappa shape index (κ1) is 16.4. The Balaban J connectivity index is 1.81. The van der Waals surface area contributed by atoms with E-state index in [9.17, 15) is 9.59 Å². The topological polar surface area (TPSA) is 65.5 Å². The number of carbonyl (C=O) groups excluding carboxylic acids is 2. The number of nitrogens with zero attached hydrogens (tertiary/aromatic N) is 3. The zero-order valence-electron chi connectivity index (χ0n) is 13.5. The molecule has 1 aromatic heterocycles. The molecule has 0 saturated carbocycles. The molecule has 1 N–H and O–H groups in total. The second-order valence-corrected chi connectivity index (χ2v) is 6.61. The summed E-state index contributed by atoms with van der Waals surface area (Å²) in [6.07, 6.45) is 3.24. The van der Waals surface area contributed by atoms with Crippen LogP contribution in [0.1, 0.15) is 31.1 Å². The lowest BCUT2D eigenvalue weighted by Gasteiger charge is -2.34. The first-order chi connectivity index (χ1) is 10.3. The number of amides is 2. The second kappa shape index (κ2) is 6.87. The molecule has 1 aliphatic rings. The Labute approximate surface area is 131 Å². The maximum absolute atomic E-state index is 12.3. The van der Waals surface area contributed by atoms with Crippen LogP contribution in [-0.2, 0) is 4.79 Å². The lowest BCUT2D eigenvalue weighted by molar-refractivity contribution is -0.124. The lowest BCUT2D eigenvalue weighted by Crippen LogP contribution is -2.52. The molecule has 2 heterocycles. The van der Waals surface area contributed by atoms with Gasteiger partial charge in [-0.15, -0.1) is 0 Å². The Kier molecular flexibility index (Phi) is 5.13. The molecule has 120 valence electrons. The van der Waals surface area contributed by atoms with Crippen molar-refractivity contribution in [1.29, 1.82) is 0 Å².